The number of ether oxygens (including phenoxy) is 5. The summed E-state index contributed by atoms with van der Waals surface area (Å²) in [5, 5.41) is 2.55. The zero-order valence-corrected chi connectivity index (χ0v) is 20.8. The summed E-state index contributed by atoms with van der Waals surface area (Å²) in [4.78, 5) is 40.6. The Hall–Kier alpha value is -3.82. The molecule has 0 bridgehead atoms. The molecule has 0 saturated carbocycles. The molecule has 0 aliphatic heterocycles. The van der Waals surface area contributed by atoms with E-state index in [1.807, 2.05) is 44.2 Å². The van der Waals surface area contributed by atoms with E-state index in [0.29, 0.717) is 5.75 Å². The zero-order chi connectivity index (χ0) is 26.0. The molecule has 1 heterocycles. The van der Waals surface area contributed by atoms with Gasteiger partial charge in [0.25, 0.3) is 5.91 Å². The highest BCUT2D eigenvalue weighted by Crippen LogP contribution is 2.29. The second-order valence-electron chi connectivity index (χ2n) is 8.07. The lowest BCUT2D eigenvalue weighted by molar-refractivity contribution is -0.156. The van der Waals surface area contributed by atoms with Gasteiger partial charge in [-0.1, -0.05) is 32.0 Å². The lowest BCUT2D eigenvalue weighted by atomic mass is 10.0. The first-order valence-corrected chi connectivity index (χ1v) is 11.2. The van der Waals surface area contributed by atoms with Gasteiger partial charge in [0.15, 0.2) is 17.2 Å². The molecule has 2 aromatic rings. The maximum absolute atomic E-state index is 12.9. The van der Waals surface area contributed by atoms with Gasteiger partial charge in [0.2, 0.25) is 6.79 Å². The van der Waals surface area contributed by atoms with E-state index in [-0.39, 0.29) is 23.1 Å². The topological polar surface area (TPSA) is 122 Å². The third-order valence-electron chi connectivity index (χ3n) is 4.91. The summed E-state index contributed by atoms with van der Waals surface area (Å²) in [6.45, 7) is 7.95. The van der Waals surface area contributed by atoms with E-state index in [4.69, 9.17) is 23.7 Å². The number of nitrogens with zero attached hydrogens (tertiary/aromatic N) is 1. The van der Waals surface area contributed by atoms with Crippen molar-refractivity contribution in [1.82, 2.24) is 10.3 Å². The summed E-state index contributed by atoms with van der Waals surface area (Å²) in [5.41, 5.74) is -0.142. The van der Waals surface area contributed by atoms with Crippen molar-refractivity contribution in [3.8, 4) is 17.2 Å². The molecule has 35 heavy (non-hydrogen) atoms. The molecule has 10 nitrogen and oxygen atoms in total. The lowest BCUT2D eigenvalue weighted by Gasteiger charge is -2.29. The molecule has 0 unspecified atom stereocenters. The molecule has 1 amide bonds. The predicted octanol–water partition coefficient (Wildman–Crippen LogP) is 3.14. The van der Waals surface area contributed by atoms with Gasteiger partial charge in [0, 0.05) is 19.2 Å². The number of hydrogen-bond acceptors (Lipinski definition) is 9. The molecule has 0 aliphatic carbocycles. The zero-order valence-electron chi connectivity index (χ0n) is 20.8. The van der Waals surface area contributed by atoms with Gasteiger partial charge in [-0.3, -0.25) is 9.59 Å². The predicted molar refractivity (Wildman–Crippen MR) is 126 cm³/mol. The Balaban J connectivity index is 2.06. The number of carbonyl (C=O) groups is 3. The molecule has 190 valence electrons. The smallest absolute Gasteiger partial charge is 0.328 e. The fourth-order valence-electron chi connectivity index (χ4n) is 3.17. The third kappa shape index (κ3) is 8.16. The first kappa shape index (κ1) is 27.4. The quantitative estimate of drug-likeness (QED) is 0.355. The van der Waals surface area contributed by atoms with Crippen LogP contribution in [0.25, 0.3) is 0 Å². The summed E-state index contributed by atoms with van der Waals surface area (Å²) < 4.78 is 27.0. The number of rotatable bonds is 12. The molecule has 1 aromatic carbocycles. The Kier molecular flexibility index (Phi) is 10.3. The molecule has 0 radical (unpaired) electrons. The number of amides is 1. The standard InChI is InChI=1S/C25H32N2O8/c1-15(2)22(35-19-10-8-7-9-11-19)17(4)34-25(30)16(3)27-24(29)21-23(33-14-32-18(5)28)20(31-6)12-13-26-21/h7-13,15-17,22H,14H2,1-6H3,(H,27,29)/t16-,17+,22+/m1/s1. The Morgan fingerprint density at radius 3 is 2.31 bits per heavy atom. The van der Waals surface area contributed by atoms with Crippen molar-refractivity contribution in [3.63, 3.8) is 0 Å². The van der Waals surface area contributed by atoms with Crippen molar-refractivity contribution in [3.05, 3.63) is 48.3 Å². The highest BCUT2D eigenvalue weighted by molar-refractivity contribution is 5.98. The van der Waals surface area contributed by atoms with Crippen molar-refractivity contribution in [2.24, 2.45) is 5.92 Å². The van der Waals surface area contributed by atoms with Crippen molar-refractivity contribution < 1.29 is 38.1 Å². The number of esters is 2. The largest absolute Gasteiger partial charge is 0.493 e. The van der Waals surface area contributed by atoms with E-state index in [9.17, 15) is 14.4 Å². The molecule has 10 heteroatoms. The van der Waals surface area contributed by atoms with Gasteiger partial charge in [-0.25, -0.2) is 9.78 Å². The summed E-state index contributed by atoms with van der Waals surface area (Å²) in [6, 6.07) is 9.75. The first-order chi connectivity index (χ1) is 16.6. The number of pyridine rings is 1. The molecular weight excluding hydrogens is 456 g/mol. The lowest BCUT2D eigenvalue weighted by Crippen LogP contribution is -2.44. The maximum Gasteiger partial charge on any atom is 0.328 e. The van der Waals surface area contributed by atoms with Crippen LogP contribution in [0.3, 0.4) is 0 Å². The van der Waals surface area contributed by atoms with Crippen molar-refractivity contribution in [1.29, 1.82) is 0 Å². The Morgan fingerprint density at radius 1 is 1.03 bits per heavy atom. The van der Waals surface area contributed by atoms with Crippen LogP contribution in [-0.4, -0.2) is 55.0 Å². The number of aromatic nitrogens is 1. The SMILES string of the molecule is COc1ccnc(C(=O)N[C@H](C)C(=O)O[C@@H](C)[C@@H](Oc2ccccc2)C(C)C)c1OCOC(C)=O. The van der Waals surface area contributed by atoms with Gasteiger partial charge in [-0.05, 0) is 31.9 Å². The van der Waals surface area contributed by atoms with Gasteiger partial charge in [-0.15, -0.1) is 0 Å². The number of para-hydroxylation sites is 1. The number of carbonyl (C=O) groups excluding carboxylic acids is 3. The second-order valence-corrected chi connectivity index (χ2v) is 8.07. The highest BCUT2D eigenvalue weighted by atomic mass is 16.7. The van der Waals surface area contributed by atoms with Gasteiger partial charge in [-0.2, -0.15) is 0 Å². The van der Waals surface area contributed by atoms with Gasteiger partial charge in [0.05, 0.1) is 7.11 Å². The fourth-order valence-corrected chi connectivity index (χ4v) is 3.17. The summed E-state index contributed by atoms with van der Waals surface area (Å²) in [5.74, 6) is -0.988. The molecule has 2 rings (SSSR count). The normalized spacial score (nSPS) is 13.2. The van der Waals surface area contributed by atoms with Crippen molar-refractivity contribution in [2.75, 3.05) is 13.9 Å². The first-order valence-electron chi connectivity index (χ1n) is 11.2. The summed E-state index contributed by atoms with van der Waals surface area (Å²) >= 11 is 0. The van der Waals surface area contributed by atoms with Crippen LogP contribution in [0.15, 0.2) is 42.6 Å². The fraction of sp³-hybridized carbons (Fsp3) is 0.440. The van der Waals surface area contributed by atoms with E-state index >= 15 is 0 Å². The van der Waals surface area contributed by atoms with Gasteiger partial charge >= 0.3 is 11.9 Å². The molecule has 1 aromatic heterocycles. The minimum Gasteiger partial charge on any atom is -0.493 e. The number of hydrogen-bond donors (Lipinski definition) is 1. The number of benzene rings is 1. The van der Waals surface area contributed by atoms with Gasteiger partial charge in [0.1, 0.15) is 24.0 Å². The van der Waals surface area contributed by atoms with E-state index in [1.54, 1.807) is 6.92 Å². The minimum atomic E-state index is -0.996. The third-order valence-corrected chi connectivity index (χ3v) is 4.91. The second kappa shape index (κ2) is 13.2. The van der Waals surface area contributed by atoms with Crippen LogP contribution < -0.4 is 19.5 Å². The Labute approximate surface area is 204 Å². The van der Waals surface area contributed by atoms with Crippen LogP contribution in [0.4, 0.5) is 0 Å². The number of methoxy groups -OCH3 is 1. The molecular formula is C25H32N2O8. The van der Waals surface area contributed by atoms with Gasteiger partial charge < -0.3 is 29.0 Å². The molecule has 1 N–H and O–H groups in total. The molecule has 0 aliphatic rings. The van der Waals surface area contributed by atoms with E-state index in [0.717, 1.165) is 0 Å². The van der Waals surface area contributed by atoms with E-state index in [2.05, 4.69) is 10.3 Å². The highest BCUT2D eigenvalue weighted by Gasteiger charge is 2.29. The molecule has 0 spiro atoms. The van der Waals surface area contributed by atoms with E-state index in [1.165, 1.54) is 33.2 Å². The summed E-state index contributed by atoms with van der Waals surface area (Å²) in [7, 11) is 1.39. The summed E-state index contributed by atoms with van der Waals surface area (Å²) in [6.07, 6.45) is 0.372. The average Bonchev–Trinajstić information content (AvgIpc) is 2.82. The van der Waals surface area contributed by atoms with Crippen LogP contribution in [0.1, 0.15) is 45.1 Å². The molecule has 0 saturated heterocycles. The average molecular weight is 489 g/mol. The van der Waals surface area contributed by atoms with Crippen LogP contribution in [0.2, 0.25) is 0 Å². The maximum atomic E-state index is 12.9. The van der Waals surface area contributed by atoms with Crippen LogP contribution in [0, 0.1) is 5.92 Å². The van der Waals surface area contributed by atoms with Crippen molar-refractivity contribution >= 4 is 17.8 Å². The van der Waals surface area contributed by atoms with Crippen molar-refractivity contribution in [2.45, 2.75) is 52.9 Å². The Bertz CT molecular complexity index is 996. The van der Waals surface area contributed by atoms with Crippen LogP contribution in [0.5, 0.6) is 17.2 Å². The van der Waals surface area contributed by atoms with E-state index < -0.39 is 42.9 Å². The molecule has 3 atom stereocenters. The monoisotopic (exact) mass is 488 g/mol. The van der Waals surface area contributed by atoms with Crippen LogP contribution in [-0.2, 0) is 19.1 Å². The number of nitrogens with one attached hydrogen (secondary N) is 1. The minimum absolute atomic E-state index is 0.0289. The Morgan fingerprint density at radius 2 is 1.71 bits per heavy atom. The molecule has 0 fully saturated rings. The van der Waals surface area contributed by atoms with Crippen LogP contribution >= 0.6 is 0 Å².